The predicted molar refractivity (Wildman–Crippen MR) is 55.8 cm³/mol. The number of aromatic nitrogens is 1. The summed E-state index contributed by atoms with van der Waals surface area (Å²) in [6.45, 7) is 0. The second-order valence-electron chi connectivity index (χ2n) is 3.16. The molecular weight excluding hydrogens is 211 g/mol. The molecule has 80 valence electrons. The second kappa shape index (κ2) is 3.66. The van der Waals surface area contributed by atoms with Crippen LogP contribution < -0.4 is 10.3 Å². The number of fused-ring (bicyclic) bond motifs is 1. The standard InChI is InChI=1S/C11H7FN2O2/c1-16-9-3-2-8(12)10-7(9)4-6(5-13)11(15)14-10/h2-4H,1H3,(H,14,15). The van der Waals surface area contributed by atoms with E-state index in [4.69, 9.17) is 10.00 Å². The predicted octanol–water partition coefficient (Wildman–Crippen LogP) is 1.55. The van der Waals surface area contributed by atoms with Gasteiger partial charge in [0.25, 0.3) is 5.56 Å². The van der Waals surface area contributed by atoms with Gasteiger partial charge in [0.15, 0.2) is 0 Å². The highest BCUT2D eigenvalue weighted by Crippen LogP contribution is 2.25. The highest BCUT2D eigenvalue weighted by atomic mass is 19.1. The summed E-state index contributed by atoms with van der Waals surface area (Å²) < 4.78 is 18.4. The first-order chi connectivity index (χ1) is 7.67. The third-order valence-corrected chi connectivity index (χ3v) is 2.27. The third-order valence-electron chi connectivity index (χ3n) is 2.27. The smallest absolute Gasteiger partial charge is 0.266 e. The van der Waals surface area contributed by atoms with Crippen molar-refractivity contribution in [3.8, 4) is 11.8 Å². The lowest BCUT2D eigenvalue weighted by Crippen LogP contribution is -2.10. The molecule has 1 aromatic carbocycles. The first-order valence-corrected chi connectivity index (χ1v) is 4.47. The third kappa shape index (κ3) is 1.41. The number of halogens is 1. The molecule has 0 saturated carbocycles. The van der Waals surface area contributed by atoms with Crippen LogP contribution in [0.25, 0.3) is 10.9 Å². The van der Waals surface area contributed by atoms with Gasteiger partial charge in [-0.2, -0.15) is 5.26 Å². The van der Waals surface area contributed by atoms with Crippen molar-refractivity contribution in [1.82, 2.24) is 4.98 Å². The Morgan fingerprint density at radius 2 is 2.25 bits per heavy atom. The molecule has 0 amide bonds. The minimum Gasteiger partial charge on any atom is -0.496 e. The van der Waals surface area contributed by atoms with Crippen molar-refractivity contribution < 1.29 is 9.13 Å². The second-order valence-corrected chi connectivity index (χ2v) is 3.16. The molecular formula is C11H7FN2O2. The molecule has 0 atom stereocenters. The number of benzene rings is 1. The van der Waals surface area contributed by atoms with E-state index in [-0.39, 0.29) is 11.1 Å². The van der Waals surface area contributed by atoms with Crippen LogP contribution in [0.15, 0.2) is 23.0 Å². The van der Waals surface area contributed by atoms with Crippen molar-refractivity contribution in [2.24, 2.45) is 0 Å². The van der Waals surface area contributed by atoms with E-state index in [1.165, 1.54) is 25.3 Å². The molecule has 1 heterocycles. The van der Waals surface area contributed by atoms with Crippen molar-refractivity contribution in [1.29, 1.82) is 5.26 Å². The number of nitrogens with one attached hydrogen (secondary N) is 1. The summed E-state index contributed by atoms with van der Waals surface area (Å²) in [7, 11) is 1.43. The van der Waals surface area contributed by atoms with E-state index in [0.717, 1.165) is 0 Å². The number of hydrogen-bond acceptors (Lipinski definition) is 3. The fourth-order valence-electron chi connectivity index (χ4n) is 1.50. The van der Waals surface area contributed by atoms with E-state index in [9.17, 15) is 9.18 Å². The summed E-state index contributed by atoms with van der Waals surface area (Å²) in [6.07, 6.45) is 0. The number of H-pyrrole nitrogens is 1. The van der Waals surface area contributed by atoms with Gasteiger partial charge in [0.2, 0.25) is 0 Å². The Bertz CT molecular complexity index is 655. The Labute approximate surface area is 89.9 Å². The van der Waals surface area contributed by atoms with Gasteiger partial charge in [0.05, 0.1) is 12.6 Å². The number of pyridine rings is 1. The molecule has 0 fully saturated rings. The largest absolute Gasteiger partial charge is 0.496 e. The normalized spacial score (nSPS) is 10.1. The molecule has 0 unspecified atom stereocenters. The molecule has 0 spiro atoms. The van der Waals surface area contributed by atoms with Crippen molar-refractivity contribution in [2.45, 2.75) is 0 Å². The summed E-state index contributed by atoms with van der Waals surface area (Å²) in [5.74, 6) is -0.151. The number of ether oxygens (including phenoxy) is 1. The molecule has 0 saturated heterocycles. The minimum absolute atomic E-state index is 0.0448. The number of rotatable bonds is 1. The molecule has 1 aromatic heterocycles. The Balaban J connectivity index is 2.96. The van der Waals surface area contributed by atoms with E-state index in [0.29, 0.717) is 11.1 Å². The zero-order valence-corrected chi connectivity index (χ0v) is 8.37. The molecule has 16 heavy (non-hydrogen) atoms. The SMILES string of the molecule is COc1ccc(F)c2[nH]c(=O)c(C#N)cc12. The van der Waals surface area contributed by atoms with Gasteiger partial charge in [-0.25, -0.2) is 4.39 Å². The average Bonchev–Trinajstić information content (AvgIpc) is 2.30. The van der Waals surface area contributed by atoms with Gasteiger partial charge in [-0.05, 0) is 18.2 Å². The van der Waals surface area contributed by atoms with Crippen molar-refractivity contribution >= 4 is 10.9 Å². The van der Waals surface area contributed by atoms with E-state index >= 15 is 0 Å². The van der Waals surface area contributed by atoms with E-state index in [1.54, 1.807) is 6.07 Å². The quantitative estimate of drug-likeness (QED) is 0.789. The fraction of sp³-hybridized carbons (Fsp3) is 0.0909. The van der Waals surface area contributed by atoms with Crippen molar-refractivity contribution in [2.75, 3.05) is 7.11 Å². The summed E-state index contributed by atoms with van der Waals surface area (Å²) in [5, 5.41) is 9.08. The van der Waals surface area contributed by atoms with E-state index in [1.807, 2.05) is 0 Å². The summed E-state index contributed by atoms with van der Waals surface area (Å²) in [4.78, 5) is 13.6. The van der Waals surface area contributed by atoms with Crippen LogP contribution in [-0.4, -0.2) is 12.1 Å². The van der Waals surface area contributed by atoms with Crippen LogP contribution in [-0.2, 0) is 0 Å². The van der Waals surface area contributed by atoms with Crippen LogP contribution in [0.1, 0.15) is 5.56 Å². The molecule has 0 aliphatic heterocycles. The maximum Gasteiger partial charge on any atom is 0.266 e. The van der Waals surface area contributed by atoms with Gasteiger partial charge >= 0.3 is 0 Å². The zero-order valence-electron chi connectivity index (χ0n) is 8.37. The van der Waals surface area contributed by atoms with Gasteiger partial charge in [-0.15, -0.1) is 0 Å². The Kier molecular flexibility index (Phi) is 2.33. The molecule has 0 bridgehead atoms. The van der Waals surface area contributed by atoms with Crippen LogP contribution in [0, 0.1) is 17.1 Å². The fourth-order valence-corrected chi connectivity index (χ4v) is 1.50. The van der Waals surface area contributed by atoms with Crippen LogP contribution in [0.3, 0.4) is 0 Å². The van der Waals surface area contributed by atoms with Gasteiger partial charge < -0.3 is 9.72 Å². The van der Waals surface area contributed by atoms with Gasteiger partial charge in [-0.3, -0.25) is 4.79 Å². The Morgan fingerprint density at radius 3 is 2.88 bits per heavy atom. The molecule has 0 aliphatic rings. The maximum atomic E-state index is 13.4. The highest BCUT2D eigenvalue weighted by Gasteiger charge is 2.10. The van der Waals surface area contributed by atoms with E-state index < -0.39 is 11.4 Å². The van der Waals surface area contributed by atoms with Crippen LogP contribution in [0.2, 0.25) is 0 Å². The Hall–Kier alpha value is -2.35. The van der Waals surface area contributed by atoms with Crippen LogP contribution in [0.4, 0.5) is 4.39 Å². The van der Waals surface area contributed by atoms with Crippen molar-refractivity contribution in [3.05, 3.63) is 39.9 Å². The van der Waals surface area contributed by atoms with Crippen molar-refractivity contribution in [3.63, 3.8) is 0 Å². The lowest BCUT2D eigenvalue weighted by atomic mass is 10.1. The summed E-state index contributed by atoms with van der Waals surface area (Å²) >= 11 is 0. The minimum atomic E-state index is -0.609. The maximum absolute atomic E-state index is 13.4. The van der Waals surface area contributed by atoms with Gasteiger partial charge in [-0.1, -0.05) is 0 Å². The number of nitriles is 1. The van der Waals surface area contributed by atoms with Crippen LogP contribution in [0.5, 0.6) is 5.75 Å². The molecule has 0 radical (unpaired) electrons. The summed E-state index contributed by atoms with van der Waals surface area (Å²) in [6, 6.07) is 5.69. The average molecular weight is 218 g/mol. The summed E-state index contributed by atoms with van der Waals surface area (Å²) in [5.41, 5.74) is -0.637. The zero-order chi connectivity index (χ0) is 11.7. The first kappa shape index (κ1) is 10.2. The first-order valence-electron chi connectivity index (χ1n) is 4.47. The monoisotopic (exact) mass is 218 g/mol. The molecule has 0 aliphatic carbocycles. The number of nitrogens with zero attached hydrogens (tertiary/aromatic N) is 1. The van der Waals surface area contributed by atoms with Gasteiger partial charge in [0.1, 0.15) is 23.2 Å². The van der Waals surface area contributed by atoms with Gasteiger partial charge in [0, 0.05) is 5.39 Å². The molecule has 2 rings (SSSR count). The molecule has 2 aromatic rings. The lowest BCUT2D eigenvalue weighted by Gasteiger charge is -2.05. The molecule has 1 N–H and O–H groups in total. The number of hydrogen-bond donors (Lipinski definition) is 1. The number of methoxy groups -OCH3 is 1. The Morgan fingerprint density at radius 1 is 1.50 bits per heavy atom. The van der Waals surface area contributed by atoms with E-state index in [2.05, 4.69) is 4.98 Å². The highest BCUT2D eigenvalue weighted by molar-refractivity contribution is 5.86. The van der Waals surface area contributed by atoms with Crippen LogP contribution >= 0.6 is 0 Å². The topological polar surface area (TPSA) is 65.9 Å². The molecule has 4 nitrogen and oxygen atoms in total. The lowest BCUT2D eigenvalue weighted by molar-refractivity contribution is 0.419. The number of aromatic amines is 1. The molecule has 5 heteroatoms.